The first kappa shape index (κ1) is 15.5. The van der Waals surface area contributed by atoms with E-state index in [0.717, 1.165) is 30.6 Å². The monoisotopic (exact) mass is 305 g/mol. The maximum atomic E-state index is 12.1. The Morgan fingerprint density at radius 1 is 1.09 bits per heavy atom. The zero-order chi connectivity index (χ0) is 15.9. The van der Waals surface area contributed by atoms with E-state index >= 15 is 0 Å². The number of hydrogen-bond acceptors (Lipinski definition) is 3. The van der Waals surface area contributed by atoms with Crippen LogP contribution in [0.5, 0.6) is 0 Å². The van der Waals surface area contributed by atoms with Crippen molar-refractivity contribution >= 4 is 0 Å². The number of aromatic nitrogens is 2. The van der Waals surface area contributed by atoms with Gasteiger partial charge in [0.1, 0.15) is 0 Å². The molecule has 0 bridgehead atoms. The highest BCUT2D eigenvalue weighted by Crippen LogP contribution is 2.39. The Balaban J connectivity index is 1.87. The van der Waals surface area contributed by atoms with E-state index in [1.165, 1.54) is 43.7 Å². The lowest BCUT2D eigenvalue weighted by atomic mass is 9.72. The van der Waals surface area contributed by atoms with Gasteiger partial charge in [0.2, 0.25) is 0 Å². The van der Waals surface area contributed by atoms with Gasteiger partial charge in [-0.25, -0.2) is 4.79 Å². The van der Waals surface area contributed by atoms with Crippen molar-refractivity contribution < 1.29 is 0 Å². The van der Waals surface area contributed by atoms with Crippen LogP contribution in [0.4, 0.5) is 0 Å². The number of nitrogens with zero attached hydrogens (tertiary/aromatic N) is 3. The number of hydrogen-bond donors (Lipinski definition) is 0. The SMILES string of the molecule is C[C@@H]1CCN(Cc2cc(=O)n(C)c(=O)n2C)[C@@H]2CCCC[C@H]12. The van der Waals surface area contributed by atoms with Crippen molar-refractivity contribution in [3.8, 4) is 0 Å². The molecule has 2 aliphatic rings. The lowest BCUT2D eigenvalue weighted by molar-refractivity contribution is 0.0188. The van der Waals surface area contributed by atoms with Crippen LogP contribution >= 0.6 is 0 Å². The third kappa shape index (κ3) is 2.67. The highest BCUT2D eigenvalue weighted by molar-refractivity contribution is 5.04. The first-order chi connectivity index (χ1) is 10.5. The van der Waals surface area contributed by atoms with Crippen LogP contribution in [-0.4, -0.2) is 26.6 Å². The van der Waals surface area contributed by atoms with Crippen molar-refractivity contribution in [3.63, 3.8) is 0 Å². The summed E-state index contributed by atoms with van der Waals surface area (Å²) in [7, 11) is 3.30. The molecule has 2 heterocycles. The molecule has 1 saturated heterocycles. The first-order valence-corrected chi connectivity index (χ1v) is 8.49. The van der Waals surface area contributed by atoms with E-state index in [-0.39, 0.29) is 11.2 Å². The normalized spacial score (nSPS) is 29.3. The van der Waals surface area contributed by atoms with Crippen molar-refractivity contribution in [2.24, 2.45) is 25.9 Å². The lowest BCUT2D eigenvalue weighted by Crippen LogP contribution is -2.50. The standard InChI is InChI=1S/C17H27N3O2/c1-12-8-9-20(15-7-5-4-6-14(12)15)11-13-10-16(21)19(3)17(22)18(13)2/h10,12,14-15H,4-9,11H2,1-3H3/t12-,14-,15-/m1/s1. The lowest BCUT2D eigenvalue weighted by Gasteiger charge is -2.47. The fourth-order valence-corrected chi connectivity index (χ4v) is 4.34. The molecule has 0 N–H and O–H groups in total. The quantitative estimate of drug-likeness (QED) is 0.831. The minimum atomic E-state index is -0.229. The third-order valence-corrected chi connectivity index (χ3v) is 5.84. The maximum absolute atomic E-state index is 12.1. The smallest absolute Gasteiger partial charge is 0.299 e. The van der Waals surface area contributed by atoms with Gasteiger partial charge >= 0.3 is 5.69 Å². The van der Waals surface area contributed by atoms with Crippen LogP contribution in [0.25, 0.3) is 0 Å². The predicted octanol–water partition coefficient (Wildman–Crippen LogP) is 1.48. The molecular weight excluding hydrogens is 278 g/mol. The van der Waals surface area contributed by atoms with Gasteiger partial charge in [-0.1, -0.05) is 19.8 Å². The van der Waals surface area contributed by atoms with Gasteiger partial charge in [0, 0.05) is 38.4 Å². The van der Waals surface area contributed by atoms with Crippen molar-refractivity contribution in [3.05, 3.63) is 32.6 Å². The molecule has 1 saturated carbocycles. The molecule has 0 radical (unpaired) electrons. The molecule has 2 fully saturated rings. The Hall–Kier alpha value is -1.36. The highest BCUT2D eigenvalue weighted by Gasteiger charge is 2.37. The number of rotatable bonds is 2. The van der Waals surface area contributed by atoms with Crippen LogP contribution in [0.2, 0.25) is 0 Å². The Morgan fingerprint density at radius 2 is 1.82 bits per heavy atom. The molecule has 0 amide bonds. The highest BCUT2D eigenvalue weighted by atomic mass is 16.2. The Bertz CT molecular complexity index is 661. The van der Waals surface area contributed by atoms with Gasteiger partial charge < -0.3 is 0 Å². The second kappa shape index (κ2) is 6.03. The minimum absolute atomic E-state index is 0.205. The summed E-state index contributed by atoms with van der Waals surface area (Å²) < 4.78 is 2.79. The molecule has 3 atom stereocenters. The summed E-state index contributed by atoms with van der Waals surface area (Å²) in [4.78, 5) is 26.5. The molecule has 122 valence electrons. The van der Waals surface area contributed by atoms with Crippen LogP contribution < -0.4 is 11.2 Å². The average molecular weight is 305 g/mol. The molecule has 1 aliphatic heterocycles. The van der Waals surface area contributed by atoms with Crippen LogP contribution in [0.15, 0.2) is 15.7 Å². The van der Waals surface area contributed by atoms with Crippen molar-refractivity contribution in [1.29, 1.82) is 0 Å². The van der Waals surface area contributed by atoms with Gasteiger partial charge in [-0.2, -0.15) is 0 Å². The largest absolute Gasteiger partial charge is 0.330 e. The van der Waals surface area contributed by atoms with Gasteiger partial charge in [0.05, 0.1) is 0 Å². The fourth-order valence-electron chi connectivity index (χ4n) is 4.34. The van der Waals surface area contributed by atoms with Gasteiger partial charge in [-0.3, -0.25) is 18.8 Å². The Labute approximate surface area is 131 Å². The minimum Gasteiger partial charge on any atom is -0.299 e. The molecule has 22 heavy (non-hydrogen) atoms. The van der Waals surface area contributed by atoms with E-state index in [2.05, 4.69) is 11.8 Å². The van der Waals surface area contributed by atoms with Gasteiger partial charge in [-0.15, -0.1) is 0 Å². The second-order valence-corrected chi connectivity index (χ2v) is 7.13. The Morgan fingerprint density at radius 3 is 2.59 bits per heavy atom. The van der Waals surface area contributed by atoms with Gasteiger partial charge in [0.15, 0.2) is 0 Å². The topological polar surface area (TPSA) is 47.2 Å². The molecule has 5 nitrogen and oxygen atoms in total. The summed E-state index contributed by atoms with van der Waals surface area (Å²) >= 11 is 0. The number of fused-ring (bicyclic) bond motifs is 1. The molecule has 1 aromatic rings. The van der Waals surface area contributed by atoms with Crippen molar-refractivity contribution in [2.75, 3.05) is 6.54 Å². The molecule has 0 spiro atoms. The van der Waals surface area contributed by atoms with Gasteiger partial charge in [-0.05, 0) is 37.6 Å². The first-order valence-electron chi connectivity index (χ1n) is 8.49. The molecule has 1 aromatic heterocycles. The average Bonchev–Trinajstić information content (AvgIpc) is 2.53. The summed E-state index contributed by atoms with van der Waals surface area (Å²) in [5.74, 6) is 1.58. The zero-order valence-corrected chi connectivity index (χ0v) is 13.9. The molecule has 1 aliphatic carbocycles. The van der Waals surface area contributed by atoms with Crippen LogP contribution in [0.1, 0.15) is 44.7 Å². The molecule has 3 rings (SSSR count). The van der Waals surface area contributed by atoms with Crippen molar-refractivity contribution in [1.82, 2.24) is 14.0 Å². The van der Waals surface area contributed by atoms with Gasteiger partial charge in [0.25, 0.3) is 5.56 Å². The van der Waals surface area contributed by atoms with Crippen LogP contribution in [0.3, 0.4) is 0 Å². The Kier molecular flexibility index (Phi) is 4.26. The van der Waals surface area contributed by atoms with Crippen LogP contribution in [0, 0.1) is 11.8 Å². The molecule has 5 heteroatoms. The second-order valence-electron chi connectivity index (χ2n) is 7.13. The van der Waals surface area contributed by atoms with E-state index in [0.29, 0.717) is 6.04 Å². The summed E-state index contributed by atoms with van der Waals surface area (Å²) in [6, 6.07) is 2.24. The summed E-state index contributed by atoms with van der Waals surface area (Å²) in [6.45, 7) is 4.18. The zero-order valence-electron chi connectivity index (χ0n) is 13.9. The predicted molar refractivity (Wildman–Crippen MR) is 86.9 cm³/mol. The maximum Gasteiger partial charge on any atom is 0.330 e. The molecular formula is C17H27N3O2. The number of piperidine rings is 1. The van der Waals surface area contributed by atoms with E-state index in [1.807, 2.05) is 0 Å². The van der Waals surface area contributed by atoms with E-state index in [1.54, 1.807) is 17.7 Å². The molecule has 0 aromatic carbocycles. The summed E-state index contributed by atoms with van der Waals surface area (Å²) in [5, 5.41) is 0. The van der Waals surface area contributed by atoms with E-state index in [4.69, 9.17) is 0 Å². The summed E-state index contributed by atoms with van der Waals surface area (Å²) in [5.41, 5.74) is 0.406. The third-order valence-electron chi connectivity index (χ3n) is 5.84. The number of likely N-dealkylation sites (tertiary alicyclic amines) is 1. The van der Waals surface area contributed by atoms with Crippen molar-refractivity contribution in [2.45, 2.75) is 51.6 Å². The summed E-state index contributed by atoms with van der Waals surface area (Å²) in [6.07, 6.45) is 6.47. The van der Waals surface area contributed by atoms with E-state index < -0.39 is 0 Å². The molecule has 0 unspecified atom stereocenters. The fraction of sp³-hybridized carbons (Fsp3) is 0.765. The van der Waals surface area contributed by atoms with E-state index in [9.17, 15) is 9.59 Å². The van der Waals surface area contributed by atoms with Crippen LogP contribution in [-0.2, 0) is 20.6 Å².